The molecule has 0 bridgehead atoms. The van der Waals surface area contributed by atoms with Crippen molar-refractivity contribution in [1.29, 1.82) is 0 Å². The van der Waals surface area contributed by atoms with Crippen molar-refractivity contribution in [2.45, 2.75) is 78.9 Å². The summed E-state index contributed by atoms with van der Waals surface area (Å²) >= 11 is 0. The van der Waals surface area contributed by atoms with E-state index in [0.717, 1.165) is 29.5 Å². The highest BCUT2D eigenvalue weighted by molar-refractivity contribution is 5.69. The predicted octanol–water partition coefficient (Wildman–Crippen LogP) is 4.67. The third-order valence-corrected chi connectivity index (χ3v) is 3.76. The molecule has 0 spiro atoms. The number of hydrogen-bond donors (Lipinski definition) is 0. The molecule has 0 unspecified atom stereocenters. The molecule has 0 heterocycles. The van der Waals surface area contributed by atoms with Gasteiger partial charge in [0.2, 0.25) is 0 Å². The molecule has 0 aromatic heterocycles. The van der Waals surface area contributed by atoms with Gasteiger partial charge in [-0.25, -0.2) is 0 Å². The Morgan fingerprint density at radius 3 is 1.83 bits per heavy atom. The zero-order chi connectivity index (χ0) is 18.2. The first-order valence-corrected chi connectivity index (χ1v) is 8.71. The molecule has 1 rings (SSSR count). The predicted molar refractivity (Wildman–Crippen MR) is 94.6 cm³/mol. The maximum Gasteiger partial charge on any atom is 0.306 e. The van der Waals surface area contributed by atoms with E-state index in [4.69, 9.17) is 9.47 Å². The lowest BCUT2D eigenvalue weighted by atomic mass is 9.85. The molecule has 4 nitrogen and oxygen atoms in total. The van der Waals surface area contributed by atoms with Gasteiger partial charge >= 0.3 is 11.9 Å². The van der Waals surface area contributed by atoms with Gasteiger partial charge in [-0.1, -0.05) is 52.8 Å². The van der Waals surface area contributed by atoms with Crippen LogP contribution in [0.5, 0.6) is 0 Å². The zero-order valence-corrected chi connectivity index (χ0v) is 15.6. The van der Waals surface area contributed by atoms with Crippen molar-refractivity contribution < 1.29 is 19.1 Å². The highest BCUT2D eigenvalue weighted by Crippen LogP contribution is 2.25. The molecule has 0 saturated carbocycles. The molecular weight excluding hydrogens is 304 g/mol. The Morgan fingerprint density at radius 2 is 1.38 bits per heavy atom. The minimum Gasteiger partial charge on any atom is -0.461 e. The third-order valence-electron chi connectivity index (χ3n) is 3.76. The molecular formula is C20H30O4. The van der Waals surface area contributed by atoms with Gasteiger partial charge < -0.3 is 9.47 Å². The van der Waals surface area contributed by atoms with E-state index in [-0.39, 0.29) is 30.6 Å². The van der Waals surface area contributed by atoms with Crippen LogP contribution in [0.2, 0.25) is 0 Å². The van der Waals surface area contributed by atoms with Crippen LogP contribution < -0.4 is 0 Å². The summed E-state index contributed by atoms with van der Waals surface area (Å²) in [5.74, 6) is -0.404. The van der Waals surface area contributed by atoms with Gasteiger partial charge in [0.25, 0.3) is 0 Å². The van der Waals surface area contributed by atoms with Gasteiger partial charge in [0, 0.05) is 12.8 Å². The number of benzene rings is 1. The van der Waals surface area contributed by atoms with Crippen LogP contribution in [0.4, 0.5) is 0 Å². The second-order valence-electron chi connectivity index (χ2n) is 7.05. The quantitative estimate of drug-likeness (QED) is 0.648. The van der Waals surface area contributed by atoms with E-state index in [1.165, 1.54) is 0 Å². The monoisotopic (exact) mass is 334 g/mol. The van der Waals surface area contributed by atoms with Crippen LogP contribution in [0.1, 0.15) is 77.0 Å². The maximum atomic E-state index is 11.7. The lowest BCUT2D eigenvalue weighted by molar-refractivity contribution is -0.146. The Kier molecular flexibility index (Phi) is 7.96. The topological polar surface area (TPSA) is 52.6 Å². The molecule has 1 aromatic carbocycles. The highest BCUT2D eigenvalue weighted by Gasteiger charge is 2.17. The smallest absolute Gasteiger partial charge is 0.306 e. The summed E-state index contributed by atoms with van der Waals surface area (Å²) in [6, 6.07) is 6.05. The summed E-state index contributed by atoms with van der Waals surface area (Å²) in [7, 11) is 0. The first-order valence-electron chi connectivity index (χ1n) is 8.71. The van der Waals surface area contributed by atoms with Crippen LogP contribution in [-0.4, -0.2) is 11.9 Å². The molecule has 134 valence electrons. The lowest BCUT2D eigenvalue weighted by Crippen LogP contribution is -2.14. The molecule has 0 aliphatic carbocycles. The van der Waals surface area contributed by atoms with Gasteiger partial charge in [-0.15, -0.1) is 0 Å². The van der Waals surface area contributed by atoms with Crippen molar-refractivity contribution in [3.63, 3.8) is 0 Å². The van der Waals surface area contributed by atoms with Gasteiger partial charge in [0.1, 0.15) is 13.2 Å². The fourth-order valence-corrected chi connectivity index (χ4v) is 2.24. The maximum absolute atomic E-state index is 11.7. The number of esters is 2. The molecule has 4 heteroatoms. The molecule has 0 N–H and O–H groups in total. The number of carbonyl (C=O) groups excluding carboxylic acids is 2. The van der Waals surface area contributed by atoms with Crippen LogP contribution in [0.3, 0.4) is 0 Å². The Labute approximate surface area is 145 Å². The van der Waals surface area contributed by atoms with E-state index in [1.807, 2.05) is 32.0 Å². The first-order chi connectivity index (χ1) is 11.3. The Morgan fingerprint density at radius 1 is 0.875 bits per heavy atom. The second kappa shape index (κ2) is 9.45. The molecule has 0 saturated heterocycles. The minimum absolute atomic E-state index is 0.000402. The Hall–Kier alpha value is -1.84. The van der Waals surface area contributed by atoms with Gasteiger partial charge in [-0.2, -0.15) is 0 Å². The van der Waals surface area contributed by atoms with Gasteiger partial charge in [-0.3, -0.25) is 9.59 Å². The molecule has 0 atom stereocenters. The largest absolute Gasteiger partial charge is 0.461 e. The molecule has 1 aromatic rings. The van der Waals surface area contributed by atoms with Crippen molar-refractivity contribution in [2.75, 3.05) is 0 Å². The van der Waals surface area contributed by atoms with E-state index < -0.39 is 0 Å². The number of ether oxygens (including phenoxy) is 2. The minimum atomic E-state index is -0.202. The van der Waals surface area contributed by atoms with Crippen molar-refractivity contribution in [1.82, 2.24) is 0 Å². The van der Waals surface area contributed by atoms with E-state index in [2.05, 4.69) is 20.8 Å². The first kappa shape index (κ1) is 20.2. The van der Waals surface area contributed by atoms with Gasteiger partial charge in [0.05, 0.1) is 0 Å². The summed E-state index contributed by atoms with van der Waals surface area (Å²) in [5.41, 5.74) is 2.94. The molecule has 0 aliphatic rings. The van der Waals surface area contributed by atoms with Crippen molar-refractivity contribution in [2.24, 2.45) is 0 Å². The molecule has 24 heavy (non-hydrogen) atoms. The van der Waals surface area contributed by atoms with Crippen molar-refractivity contribution in [3.05, 3.63) is 34.9 Å². The van der Waals surface area contributed by atoms with Crippen LogP contribution in [0.25, 0.3) is 0 Å². The fraction of sp³-hybridized carbons (Fsp3) is 0.600. The highest BCUT2D eigenvalue weighted by atomic mass is 16.5. The standard InChI is InChI=1S/C20H30O4/c1-6-8-18(21)23-13-15-10-11-17(20(3,4)5)12-16(15)14-24-19(22)9-7-2/h10-12H,6-9,13-14H2,1-5H3. The van der Waals surface area contributed by atoms with Crippen molar-refractivity contribution >= 4 is 11.9 Å². The van der Waals surface area contributed by atoms with Crippen LogP contribution >= 0.6 is 0 Å². The zero-order valence-electron chi connectivity index (χ0n) is 15.6. The summed E-state index contributed by atoms with van der Waals surface area (Å²) in [5, 5.41) is 0. The van der Waals surface area contributed by atoms with Crippen LogP contribution in [0, 0.1) is 0 Å². The molecule has 0 radical (unpaired) electrons. The Bertz CT molecular complexity index is 555. The molecule has 0 fully saturated rings. The summed E-state index contributed by atoms with van der Waals surface area (Å²) < 4.78 is 10.7. The van der Waals surface area contributed by atoms with Gasteiger partial charge in [0.15, 0.2) is 0 Å². The van der Waals surface area contributed by atoms with E-state index in [0.29, 0.717) is 12.8 Å². The summed E-state index contributed by atoms with van der Waals surface area (Å²) in [6.07, 6.45) is 2.37. The lowest BCUT2D eigenvalue weighted by Gasteiger charge is -2.21. The molecule has 0 amide bonds. The van der Waals surface area contributed by atoms with Gasteiger partial charge in [-0.05, 0) is 34.9 Å². The normalized spacial score (nSPS) is 11.2. The number of hydrogen-bond acceptors (Lipinski definition) is 4. The van der Waals surface area contributed by atoms with Crippen molar-refractivity contribution in [3.8, 4) is 0 Å². The Balaban J connectivity index is 2.91. The average Bonchev–Trinajstić information content (AvgIpc) is 2.51. The van der Waals surface area contributed by atoms with Crippen LogP contribution in [0.15, 0.2) is 18.2 Å². The average molecular weight is 334 g/mol. The molecule has 0 aliphatic heterocycles. The summed E-state index contributed by atoms with van der Waals surface area (Å²) in [6.45, 7) is 10.7. The SMILES string of the molecule is CCCC(=O)OCc1ccc(C(C)(C)C)cc1COC(=O)CCC. The third kappa shape index (κ3) is 6.73. The van der Waals surface area contributed by atoms with E-state index >= 15 is 0 Å². The second-order valence-corrected chi connectivity index (χ2v) is 7.05. The summed E-state index contributed by atoms with van der Waals surface area (Å²) in [4.78, 5) is 23.3. The number of carbonyl (C=O) groups is 2. The van der Waals surface area contributed by atoms with E-state index in [1.54, 1.807) is 0 Å². The van der Waals surface area contributed by atoms with Crippen LogP contribution in [-0.2, 0) is 37.7 Å². The fourth-order valence-electron chi connectivity index (χ4n) is 2.24. The number of rotatable bonds is 8. The van der Waals surface area contributed by atoms with E-state index in [9.17, 15) is 9.59 Å².